The van der Waals surface area contributed by atoms with Gasteiger partial charge in [-0.05, 0) is 30.7 Å². The van der Waals surface area contributed by atoms with Gasteiger partial charge in [0.2, 0.25) is 10.0 Å². The molecule has 1 atom stereocenters. The van der Waals surface area contributed by atoms with Crippen LogP contribution < -0.4 is 10.5 Å². The highest BCUT2D eigenvalue weighted by atomic mass is 35.5. The number of nitrogens with one attached hydrogen (secondary N) is 1. The second-order valence-corrected chi connectivity index (χ2v) is 8.14. The first-order valence-corrected chi connectivity index (χ1v) is 8.91. The first-order valence-electron chi connectivity index (χ1n) is 6.55. The minimum absolute atomic E-state index is 0. The van der Waals surface area contributed by atoms with Crippen LogP contribution in [0.25, 0.3) is 0 Å². The Hall–Kier alpha value is -0.670. The third kappa shape index (κ3) is 5.20. The molecule has 0 saturated carbocycles. The smallest absolute Gasteiger partial charge is 0.349 e. The summed E-state index contributed by atoms with van der Waals surface area (Å²) in [5, 5.41) is 1.54. The summed E-state index contributed by atoms with van der Waals surface area (Å²) in [5.41, 5.74) is 4.96. The molecule has 6 nitrogen and oxygen atoms in total. The highest BCUT2D eigenvalue weighted by Crippen LogP contribution is 2.25. The third-order valence-electron chi connectivity index (χ3n) is 2.98. The van der Waals surface area contributed by atoms with Crippen molar-refractivity contribution in [3.05, 3.63) is 16.3 Å². The lowest BCUT2D eigenvalue weighted by Gasteiger charge is -2.30. The Bertz CT molecular complexity index is 601. The summed E-state index contributed by atoms with van der Waals surface area (Å²) in [7, 11) is -2.62. The van der Waals surface area contributed by atoms with Gasteiger partial charge in [-0.2, -0.15) is 0 Å². The maximum Gasteiger partial charge on any atom is 0.349 e. The van der Waals surface area contributed by atoms with E-state index in [4.69, 9.17) is 5.73 Å². The molecule has 0 amide bonds. The van der Waals surface area contributed by atoms with Crippen molar-refractivity contribution in [1.82, 2.24) is 4.72 Å². The predicted octanol–water partition coefficient (Wildman–Crippen LogP) is 2.00. The topological polar surface area (TPSA) is 98.5 Å². The molecule has 0 aliphatic rings. The van der Waals surface area contributed by atoms with Crippen LogP contribution >= 0.6 is 23.7 Å². The van der Waals surface area contributed by atoms with Crippen molar-refractivity contribution < 1.29 is 17.9 Å². The summed E-state index contributed by atoms with van der Waals surface area (Å²) in [6.45, 7) is 5.91. The van der Waals surface area contributed by atoms with E-state index in [0.29, 0.717) is 6.42 Å². The highest BCUT2D eigenvalue weighted by molar-refractivity contribution is 7.89. The lowest BCUT2D eigenvalue weighted by molar-refractivity contribution is 0.0602. The summed E-state index contributed by atoms with van der Waals surface area (Å²) in [5.74, 6) is -0.382. The normalized spacial score (nSPS) is 14.3. The molecule has 0 saturated heterocycles. The fraction of sp³-hybridized carbons (Fsp3) is 0.615. The first-order chi connectivity index (χ1) is 9.65. The number of hydrogen-bond donors (Lipinski definition) is 2. The van der Waals surface area contributed by atoms with E-state index in [2.05, 4.69) is 9.46 Å². The number of rotatable bonds is 7. The minimum Gasteiger partial charge on any atom is -0.465 e. The van der Waals surface area contributed by atoms with Crippen molar-refractivity contribution in [2.24, 2.45) is 11.7 Å². The SMILES string of the molecule is COC(=O)c1sccc1S(=O)(=O)NC(C)(CN)CC(C)C.Cl. The molecule has 3 N–H and O–H groups in total. The van der Waals surface area contributed by atoms with Crippen molar-refractivity contribution in [3.8, 4) is 0 Å². The molecule has 0 radical (unpaired) electrons. The molecule has 1 aromatic heterocycles. The Kier molecular flexibility index (Phi) is 8.01. The fourth-order valence-electron chi connectivity index (χ4n) is 2.20. The van der Waals surface area contributed by atoms with Crippen LogP contribution in [0.2, 0.25) is 0 Å². The quantitative estimate of drug-likeness (QED) is 0.715. The zero-order chi connectivity index (χ0) is 16.3. The average Bonchev–Trinajstić information content (AvgIpc) is 2.86. The van der Waals surface area contributed by atoms with E-state index in [0.717, 1.165) is 11.3 Å². The number of nitrogens with two attached hydrogens (primary N) is 1. The van der Waals surface area contributed by atoms with E-state index in [-0.39, 0.29) is 34.6 Å². The van der Waals surface area contributed by atoms with Crippen LogP contribution in [0, 0.1) is 5.92 Å². The van der Waals surface area contributed by atoms with Gasteiger partial charge in [-0.3, -0.25) is 0 Å². The molecule has 1 rings (SSSR count). The summed E-state index contributed by atoms with van der Waals surface area (Å²) >= 11 is 1.03. The molecule has 1 heterocycles. The zero-order valence-electron chi connectivity index (χ0n) is 13.1. The molecule has 0 fully saturated rings. The van der Waals surface area contributed by atoms with E-state index >= 15 is 0 Å². The van der Waals surface area contributed by atoms with Crippen LogP contribution in [0.4, 0.5) is 0 Å². The van der Waals surface area contributed by atoms with Crippen molar-refractivity contribution in [1.29, 1.82) is 0 Å². The van der Waals surface area contributed by atoms with Crippen molar-refractivity contribution in [2.45, 2.75) is 37.6 Å². The molecule has 0 aliphatic carbocycles. The zero-order valence-corrected chi connectivity index (χ0v) is 15.5. The second-order valence-electron chi connectivity index (χ2n) is 5.57. The van der Waals surface area contributed by atoms with Gasteiger partial charge in [0.1, 0.15) is 9.77 Å². The molecule has 1 unspecified atom stereocenters. The highest BCUT2D eigenvalue weighted by Gasteiger charge is 2.33. The number of carbonyl (C=O) groups excluding carboxylic acids is 1. The average molecular weight is 371 g/mol. The maximum absolute atomic E-state index is 12.5. The Morgan fingerprint density at radius 1 is 1.50 bits per heavy atom. The Labute approximate surface area is 141 Å². The predicted molar refractivity (Wildman–Crippen MR) is 90.1 cm³/mol. The number of thiophene rings is 1. The number of esters is 1. The van der Waals surface area contributed by atoms with Gasteiger partial charge in [0.25, 0.3) is 0 Å². The molecule has 1 aromatic rings. The molecular formula is C13H23ClN2O4S2. The van der Waals surface area contributed by atoms with Crippen molar-refractivity contribution >= 4 is 39.7 Å². The largest absolute Gasteiger partial charge is 0.465 e. The van der Waals surface area contributed by atoms with E-state index in [1.807, 2.05) is 13.8 Å². The van der Waals surface area contributed by atoms with E-state index in [9.17, 15) is 13.2 Å². The number of methoxy groups -OCH3 is 1. The molecule has 128 valence electrons. The number of halogens is 1. The van der Waals surface area contributed by atoms with Crippen LogP contribution in [0.3, 0.4) is 0 Å². The van der Waals surface area contributed by atoms with Crippen molar-refractivity contribution in [2.75, 3.05) is 13.7 Å². The first kappa shape index (κ1) is 21.3. The van der Waals surface area contributed by atoms with Gasteiger partial charge in [0.15, 0.2) is 0 Å². The van der Waals surface area contributed by atoms with Gasteiger partial charge in [-0.25, -0.2) is 17.9 Å². The summed E-state index contributed by atoms with van der Waals surface area (Å²) in [6.07, 6.45) is 0.598. The van der Waals surface area contributed by atoms with Crippen LogP contribution in [-0.2, 0) is 14.8 Å². The van der Waals surface area contributed by atoms with Gasteiger partial charge in [-0.15, -0.1) is 23.7 Å². The molecule has 0 aliphatic heterocycles. The lowest BCUT2D eigenvalue weighted by atomic mass is 9.92. The molecule has 0 aromatic carbocycles. The van der Waals surface area contributed by atoms with Gasteiger partial charge in [0.05, 0.1) is 7.11 Å². The van der Waals surface area contributed by atoms with E-state index < -0.39 is 21.5 Å². The Morgan fingerprint density at radius 3 is 2.55 bits per heavy atom. The van der Waals surface area contributed by atoms with Gasteiger partial charge < -0.3 is 10.5 Å². The molecule has 0 spiro atoms. The standard InChI is InChI=1S/C13H22N2O4S2.ClH/c1-9(2)7-13(3,8-14)15-21(17,18)10-5-6-20-11(10)12(16)19-4;/h5-6,9,15H,7-8,14H2,1-4H3;1H. The van der Waals surface area contributed by atoms with E-state index in [1.165, 1.54) is 13.2 Å². The van der Waals surface area contributed by atoms with Gasteiger partial charge >= 0.3 is 5.97 Å². The molecule has 9 heteroatoms. The molecular weight excluding hydrogens is 348 g/mol. The molecule has 22 heavy (non-hydrogen) atoms. The maximum atomic E-state index is 12.5. The number of carbonyl (C=O) groups is 1. The third-order valence-corrected chi connectivity index (χ3v) is 5.68. The van der Waals surface area contributed by atoms with Crippen LogP contribution in [-0.4, -0.2) is 33.6 Å². The van der Waals surface area contributed by atoms with Gasteiger partial charge in [-0.1, -0.05) is 13.8 Å². The van der Waals surface area contributed by atoms with Crippen LogP contribution in [0.15, 0.2) is 16.3 Å². The lowest BCUT2D eigenvalue weighted by Crippen LogP contribution is -2.52. The summed E-state index contributed by atoms with van der Waals surface area (Å²) in [4.78, 5) is 11.6. The van der Waals surface area contributed by atoms with Crippen LogP contribution in [0.1, 0.15) is 36.9 Å². The minimum atomic E-state index is -3.84. The summed E-state index contributed by atoms with van der Waals surface area (Å²) < 4.78 is 32.3. The number of ether oxygens (including phenoxy) is 1. The summed E-state index contributed by atoms with van der Waals surface area (Å²) in [6, 6.07) is 1.39. The van der Waals surface area contributed by atoms with E-state index in [1.54, 1.807) is 12.3 Å². The Balaban J connectivity index is 0.00000441. The van der Waals surface area contributed by atoms with Gasteiger partial charge in [0, 0.05) is 12.1 Å². The number of sulfonamides is 1. The van der Waals surface area contributed by atoms with Crippen molar-refractivity contribution in [3.63, 3.8) is 0 Å². The number of hydrogen-bond acceptors (Lipinski definition) is 6. The monoisotopic (exact) mass is 370 g/mol. The second kappa shape index (κ2) is 8.26. The fourth-order valence-corrected chi connectivity index (χ4v) is 4.96. The van der Waals surface area contributed by atoms with Crippen LogP contribution in [0.5, 0.6) is 0 Å². The Morgan fingerprint density at radius 2 is 2.09 bits per heavy atom. The molecule has 0 bridgehead atoms.